The van der Waals surface area contributed by atoms with Crippen LogP contribution in [-0.4, -0.2) is 17.7 Å². The first-order valence-corrected chi connectivity index (χ1v) is 8.41. The third kappa shape index (κ3) is 6.05. The molecule has 0 atom stereocenters. The maximum absolute atomic E-state index is 12.0. The highest BCUT2D eigenvalue weighted by Gasteiger charge is 2.10. The maximum atomic E-state index is 12.0. The quantitative estimate of drug-likeness (QED) is 0.692. The van der Waals surface area contributed by atoms with Crippen LogP contribution in [-0.2, 0) is 14.4 Å². The Morgan fingerprint density at radius 1 is 0.731 bits per heavy atom. The molecule has 0 saturated carbocycles. The Morgan fingerprint density at radius 3 is 1.50 bits per heavy atom. The molecule has 0 aliphatic rings. The second-order valence-electron chi connectivity index (χ2n) is 6.31. The first kappa shape index (κ1) is 19.2. The predicted octanol–water partition coefficient (Wildman–Crippen LogP) is 3.74. The Morgan fingerprint density at radius 2 is 1.12 bits per heavy atom. The van der Waals surface area contributed by atoms with Crippen LogP contribution in [0.3, 0.4) is 0 Å². The molecule has 6 nitrogen and oxygen atoms in total. The largest absolute Gasteiger partial charge is 0.326 e. The molecule has 0 heterocycles. The fraction of sp³-hybridized carbons (Fsp3) is 0.250. The van der Waals surface area contributed by atoms with Crippen molar-refractivity contribution in [1.29, 1.82) is 0 Å². The maximum Gasteiger partial charge on any atom is 0.233 e. The number of hydrogen-bond acceptors (Lipinski definition) is 3. The molecule has 0 radical (unpaired) electrons. The first-order chi connectivity index (χ1) is 12.3. The van der Waals surface area contributed by atoms with Gasteiger partial charge in [-0.2, -0.15) is 0 Å². The van der Waals surface area contributed by atoms with Gasteiger partial charge in [0.05, 0.1) is 0 Å². The van der Waals surface area contributed by atoms with Gasteiger partial charge in [0.15, 0.2) is 0 Å². The molecule has 0 aliphatic carbocycles. The molecule has 0 aromatic heterocycles. The van der Waals surface area contributed by atoms with Crippen molar-refractivity contribution in [2.24, 2.45) is 0 Å². The van der Waals surface area contributed by atoms with Gasteiger partial charge in [0, 0.05) is 24.0 Å². The standard InChI is InChI=1S/C20H23N3O3/c1-13(2)15-4-6-17(7-5-15)22-19(25)12-20(26)23-18-10-8-16(9-11-18)21-14(3)24/h4-11,13H,12H2,1-3H3,(H,21,24)(H,22,25)(H,23,26). The van der Waals surface area contributed by atoms with Crippen molar-refractivity contribution in [3.8, 4) is 0 Å². The van der Waals surface area contributed by atoms with Crippen molar-refractivity contribution in [2.45, 2.75) is 33.1 Å². The van der Waals surface area contributed by atoms with Crippen molar-refractivity contribution >= 4 is 34.8 Å². The van der Waals surface area contributed by atoms with E-state index in [1.165, 1.54) is 12.5 Å². The molecule has 3 amide bonds. The molecule has 136 valence electrons. The van der Waals surface area contributed by atoms with E-state index in [1.807, 2.05) is 24.3 Å². The first-order valence-electron chi connectivity index (χ1n) is 8.41. The third-order valence-electron chi connectivity index (χ3n) is 3.67. The van der Waals surface area contributed by atoms with E-state index in [0.29, 0.717) is 23.0 Å². The van der Waals surface area contributed by atoms with Gasteiger partial charge < -0.3 is 16.0 Å². The van der Waals surface area contributed by atoms with Gasteiger partial charge in [-0.25, -0.2) is 0 Å². The zero-order chi connectivity index (χ0) is 19.1. The van der Waals surface area contributed by atoms with Crippen molar-refractivity contribution in [3.05, 3.63) is 54.1 Å². The summed E-state index contributed by atoms with van der Waals surface area (Å²) in [5.41, 5.74) is 3.03. The topological polar surface area (TPSA) is 87.3 Å². The Balaban J connectivity index is 1.84. The molecule has 26 heavy (non-hydrogen) atoms. The minimum atomic E-state index is -0.409. The summed E-state index contributed by atoms with van der Waals surface area (Å²) in [5.74, 6) is -0.536. The van der Waals surface area contributed by atoms with Gasteiger partial charge in [-0.05, 0) is 47.9 Å². The molecule has 2 rings (SSSR count). The molecule has 2 aromatic carbocycles. The van der Waals surface area contributed by atoms with Crippen LogP contribution in [0, 0.1) is 0 Å². The van der Waals surface area contributed by atoms with Crippen LogP contribution < -0.4 is 16.0 Å². The average molecular weight is 353 g/mol. The molecule has 0 saturated heterocycles. The summed E-state index contributed by atoms with van der Waals surface area (Å²) in [6, 6.07) is 14.2. The Hall–Kier alpha value is -3.15. The van der Waals surface area contributed by atoms with Gasteiger partial charge in [-0.1, -0.05) is 26.0 Å². The number of amides is 3. The number of carbonyl (C=O) groups is 3. The number of carbonyl (C=O) groups excluding carboxylic acids is 3. The normalized spacial score (nSPS) is 10.3. The number of hydrogen-bond donors (Lipinski definition) is 3. The molecule has 0 spiro atoms. The lowest BCUT2D eigenvalue weighted by Crippen LogP contribution is -2.21. The molecular weight excluding hydrogens is 330 g/mol. The van der Waals surface area contributed by atoms with Gasteiger partial charge in [-0.15, -0.1) is 0 Å². The van der Waals surface area contributed by atoms with Crippen LogP contribution >= 0.6 is 0 Å². The highest BCUT2D eigenvalue weighted by molar-refractivity contribution is 6.08. The monoisotopic (exact) mass is 353 g/mol. The van der Waals surface area contributed by atoms with E-state index in [-0.39, 0.29) is 18.2 Å². The third-order valence-corrected chi connectivity index (χ3v) is 3.67. The van der Waals surface area contributed by atoms with Gasteiger partial charge in [0.1, 0.15) is 6.42 Å². The second kappa shape index (κ2) is 8.80. The lowest BCUT2D eigenvalue weighted by atomic mass is 10.0. The van der Waals surface area contributed by atoms with Gasteiger partial charge >= 0.3 is 0 Å². The number of rotatable bonds is 6. The van der Waals surface area contributed by atoms with Crippen LogP contribution in [0.4, 0.5) is 17.1 Å². The summed E-state index contributed by atoms with van der Waals surface area (Å²) in [6.45, 7) is 5.62. The number of nitrogens with one attached hydrogen (secondary N) is 3. The lowest BCUT2D eigenvalue weighted by Gasteiger charge is -2.09. The smallest absolute Gasteiger partial charge is 0.233 e. The van der Waals surface area contributed by atoms with E-state index in [9.17, 15) is 14.4 Å². The summed E-state index contributed by atoms with van der Waals surface area (Å²) in [6.07, 6.45) is -0.278. The van der Waals surface area contributed by atoms with Crippen LogP contribution in [0.2, 0.25) is 0 Å². The highest BCUT2D eigenvalue weighted by atomic mass is 16.2. The van der Waals surface area contributed by atoms with E-state index in [1.54, 1.807) is 24.3 Å². The average Bonchev–Trinajstić information content (AvgIpc) is 2.56. The SMILES string of the molecule is CC(=O)Nc1ccc(NC(=O)CC(=O)Nc2ccc(C(C)C)cc2)cc1. The van der Waals surface area contributed by atoms with E-state index >= 15 is 0 Å². The number of anilines is 3. The minimum absolute atomic E-state index is 0.167. The molecular formula is C20H23N3O3. The van der Waals surface area contributed by atoms with Crippen LogP contribution in [0.5, 0.6) is 0 Å². The zero-order valence-corrected chi connectivity index (χ0v) is 15.1. The summed E-state index contributed by atoms with van der Waals surface area (Å²) in [4.78, 5) is 34.9. The molecule has 0 aliphatic heterocycles. The van der Waals surface area contributed by atoms with Gasteiger partial charge in [-0.3, -0.25) is 14.4 Å². The summed E-state index contributed by atoms with van der Waals surface area (Å²) in [5, 5.41) is 8.00. The minimum Gasteiger partial charge on any atom is -0.326 e. The fourth-order valence-corrected chi connectivity index (χ4v) is 2.35. The van der Waals surface area contributed by atoms with Gasteiger partial charge in [0.25, 0.3) is 0 Å². The van der Waals surface area contributed by atoms with Crippen LogP contribution in [0.1, 0.15) is 38.7 Å². The fourth-order valence-electron chi connectivity index (χ4n) is 2.35. The molecule has 0 fully saturated rings. The molecule has 3 N–H and O–H groups in total. The summed E-state index contributed by atoms with van der Waals surface area (Å²) >= 11 is 0. The van der Waals surface area contributed by atoms with E-state index in [2.05, 4.69) is 29.8 Å². The van der Waals surface area contributed by atoms with Crippen molar-refractivity contribution in [3.63, 3.8) is 0 Å². The summed E-state index contributed by atoms with van der Waals surface area (Å²) in [7, 11) is 0. The summed E-state index contributed by atoms with van der Waals surface area (Å²) < 4.78 is 0. The van der Waals surface area contributed by atoms with Crippen molar-refractivity contribution in [1.82, 2.24) is 0 Å². The Labute approximate surface area is 153 Å². The van der Waals surface area contributed by atoms with Crippen molar-refractivity contribution in [2.75, 3.05) is 16.0 Å². The van der Waals surface area contributed by atoms with E-state index < -0.39 is 5.91 Å². The Bertz CT molecular complexity index is 781. The van der Waals surface area contributed by atoms with Crippen LogP contribution in [0.25, 0.3) is 0 Å². The molecule has 2 aromatic rings. The highest BCUT2D eigenvalue weighted by Crippen LogP contribution is 2.17. The lowest BCUT2D eigenvalue weighted by molar-refractivity contribution is -0.123. The van der Waals surface area contributed by atoms with Crippen molar-refractivity contribution < 1.29 is 14.4 Å². The predicted molar refractivity (Wildman–Crippen MR) is 103 cm³/mol. The van der Waals surface area contributed by atoms with E-state index in [4.69, 9.17) is 0 Å². The molecule has 0 bridgehead atoms. The Kier molecular flexibility index (Phi) is 6.49. The van der Waals surface area contributed by atoms with Gasteiger partial charge in [0.2, 0.25) is 17.7 Å². The van der Waals surface area contributed by atoms with E-state index in [0.717, 1.165) is 0 Å². The van der Waals surface area contributed by atoms with Crippen LogP contribution in [0.15, 0.2) is 48.5 Å². The second-order valence-corrected chi connectivity index (χ2v) is 6.31. The molecule has 0 unspecified atom stereocenters. The number of benzene rings is 2. The molecule has 6 heteroatoms. The zero-order valence-electron chi connectivity index (χ0n) is 15.1.